The molecular formula is C17H17N5OS. The Labute approximate surface area is 143 Å². The van der Waals surface area contributed by atoms with E-state index in [2.05, 4.69) is 32.7 Å². The van der Waals surface area contributed by atoms with Gasteiger partial charge in [-0.25, -0.2) is 0 Å². The highest BCUT2D eigenvalue weighted by Crippen LogP contribution is 2.32. The number of aromatic amines is 1. The second-order valence-corrected chi connectivity index (χ2v) is 6.90. The molecule has 24 heavy (non-hydrogen) atoms. The van der Waals surface area contributed by atoms with Crippen LogP contribution in [-0.4, -0.2) is 31.6 Å². The van der Waals surface area contributed by atoms with Crippen molar-refractivity contribution in [3.05, 3.63) is 47.8 Å². The Morgan fingerprint density at radius 1 is 1.38 bits per heavy atom. The average Bonchev–Trinajstić information content (AvgIpc) is 3.23. The molecule has 1 aliphatic heterocycles. The van der Waals surface area contributed by atoms with Crippen molar-refractivity contribution in [2.24, 2.45) is 7.05 Å². The van der Waals surface area contributed by atoms with Crippen LogP contribution < -0.4 is 5.32 Å². The number of carbonyl (C=O) groups excluding carboxylic acids is 1. The molecule has 4 rings (SSSR count). The summed E-state index contributed by atoms with van der Waals surface area (Å²) in [7, 11) is 1.84. The van der Waals surface area contributed by atoms with E-state index in [1.54, 1.807) is 4.68 Å². The predicted octanol–water partition coefficient (Wildman–Crippen LogP) is 3.10. The number of hydrogen-bond acceptors (Lipinski definition) is 4. The van der Waals surface area contributed by atoms with E-state index >= 15 is 0 Å². The van der Waals surface area contributed by atoms with Crippen molar-refractivity contribution in [2.75, 3.05) is 11.1 Å². The van der Waals surface area contributed by atoms with Gasteiger partial charge in [-0.1, -0.05) is 0 Å². The molecule has 1 aromatic carbocycles. The zero-order valence-corrected chi connectivity index (χ0v) is 14.1. The Hall–Kier alpha value is -2.54. The van der Waals surface area contributed by atoms with Crippen LogP contribution in [0.4, 0.5) is 5.69 Å². The third-order valence-corrected chi connectivity index (χ3v) is 5.22. The first-order chi connectivity index (χ1) is 11.7. The van der Waals surface area contributed by atoms with Crippen LogP contribution in [0, 0.1) is 0 Å². The van der Waals surface area contributed by atoms with E-state index in [0.29, 0.717) is 17.0 Å². The van der Waals surface area contributed by atoms with Crippen LogP contribution in [0.1, 0.15) is 22.3 Å². The number of thioether (sulfide) groups is 1. The first-order valence-corrected chi connectivity index (χ1v) is 8.80. The summed E-state index contributed by atoms with van der Waals surface area (Å²) in [5, 5.41) is 14.2. The zero-order chi connectivity index (χ0) is 16.5. The minimum Gasteiger partial charge on any atom is -0.322 e. The van der Waals surface area contributed by atoms with E-state index in [1.807, 2.05) is 37.1 Å². The van der Waals surface area contributed by atoms with Crippen molar-refractivity contribution >= 4 is 23.4 Å². The Kier molecular flexibility index (Phi) is 3.86. The molecule has 7 heteroatoms. The first kappa shape index (κ1) is 15.0. The number of rotatable bonds is 3. The monoisotopic (exact) mass is 339 g/mol. The Morgan fingerprint density at radius 3 is 3.12 bits per heavy atom. The maximum atomic E-state index is 12.6. The number of aryl methyl sites for hydroxylation is 2. The van der Waals surface area contributed by atoms with Crippen LogP contribution in [0.5, 0.6) is 0 Å². The molecule has 0 aliphatic carbocycles. The summed E-state index contributed by atoms with van der Waals surface area (Å²) in [6, 6.07) is 7.96. The van der Waals surface area contributed by atoms with Gasteiger partial charge >= 0.3 is 0 Å². The number of anilines is 1. The van der Waals surface area contributed by atoms with Gasteiger partial charge in [0.25, 0.3) is 5.91 Å². The number of aromatic nitrogens is 4. The largest absolute Gasteiger partial charge is 0.322 e. The van der Waals surface area contributed by atoms with Crippen LogP contribution in [0.25, 0.3) is 11.4 Å². The van der Waals surface area contributed by atoms with Gasteiger partial charge in [0.2, 0.25) is 0 Å². The third-order valence-electron chi connectivity index (χ3n) is 4.02. The first-order valence-electron chi connectivity index (χ1n) is 7.81. The maximum absolute atomic E-state index is 12.6. The number of amides is 1. The smallest absolute Gasteiger partial charge is 0.259 e. The highest BCUT2D eigenvalue weighted by Gasteiger charge is 2.18. The van der Waals surface area contributed by atoms with E-state index in [4.69, 9.17) is 0 Å². The average molecular weight is 339 g/mol. The van der Waals surface area contributed by atoms with Gasteiger partial charge in [-0.2, -0.15) is 10.2 Å². The number of hydrogen-bond donors (Lipinski definition) is 2. The van der Waals surface area contributed by atoms with Crippen molar-refractivity contribution < 1.29 is 4.79 Å². The Balaban J connectivity index is 1.58. The van der Waals surface area contributed by atoms with Crippen LogP contribution >= 0.6 is 11.8 Å². The molecule has 0 spiro atoms. The summed E-state index contributed by atoms with van der Waals surface area (Å²) >= 11 is 1.88. The Bertz CT molecular complexity index is 898. The van der Waals surface area contributed by atoms with E-state index in [0.717, 1.165) is 12.1 Å². The molecule has 3 heterocycles. The normalized spacial score (nSPS) is 13.5. The van der Waals surface area contributed by atoms with E-state index < -0.39 is 0 Å². The summed E-state index contributed by atoms with van der Waals surface area (Å²) in [6.07, 6.45) is 5.62. The summed E-state index contributed by atoms with van der Waals surface area (Å²) in [6.45, 7) is 0. The number of nitrogens with zero attached hydrogens (tertiary/aromatic N) is 3. The highest BCUT2D eigenvalue weighted by molar-refractivity contribution is 7.99. The number of carbonyl (C=O) groups is 1. The van der Waals surface area contributed by atoms with E-state index in [-0.39, 0.29) is 5.91 Å². The van der Waals surface area contributed by atoms with Crippen molar-refractivity contribution in [1.82, 2.24) is 20.0 Å². The van der Waals surface area contributed by atoms with Crippen molar-refractivity contribution in [3.63, 3.8) is 0 Å². The van der Waals surface area contributed by atoms with E-state index in [1.165, 1.54) is 28.8 Å². The summed E-state index contributed by atoms with van der Waals surface area (Å²) in [5.74, 6) is 0.981. The lowest BCUT2D eigenvalue weighted by Crippen LogP contribution is -2.13. The van der Waals surface area contributed by atoms with Crippen LogP contribution in [0.15, 0.2) is 41.6 Å². The van der Waals surface area contributed by atoms with Crippen molar-refractivity contribution in [3.8, 4) is 11.4 Å². The summed E-state index contributed by atoms with van der Waals surface area (Å²) < 4.78 is 1.69. The second kappa shape index (κ2) is 6.16. The second-order valence-electron chi connectivity index (χ2n) is 5.76. The number of benzene rings is 1. The van der Waals surface area contributed by atoms with Crippen LogP contribution in [0.3, 0.4) is 0 Å². The lowest BCUT2D eigenvalue weighted by molar-refractivity contribution is 0.102. The standard InChI is InChI=1S/C17H17N5OS/c1-22-7-6-14(21-22)16-13(10-18-20-16)17(23)19-12-4-5-15-11(9-12)3-2-8-24-15/h4-7,9-10H,2-3,8H2,1H3,(H,18,20)(H,19,23). The lowest BCUT2D eigenvalue weighted by atomic mass is 10.1. The third kappa shape index (κ3) is 2.82. The molecule has 0 unspecified atom stereocenters. The van der Waals surface area contributed by atoms with Gasteiger partial charge in [-0.3, -0.25) is 14.6 Å². The van der Waals surface area contributed by atoms with Gasteiger partial charge in [0.15, 0.2) is 0 Å². The number of fused-ring (bicyclic) bond motifs is 1. The molecule has 1 amide bonds. The van der Waals surface area contributed by atoms with Gasteiger partial charge in [0.1, 0.15) is 5.69 Å². The molecule has 2 aromatic heterocycles. The van der Waals surface area contributed by atoms with Gasteiger partial charge in [-0.15, -0.1) is 11.8 Å². The van der Waals surface area contributed by atoms with E-state index in [9.17, 15) is 4.79 Å². The fraction of sp³-hybridized carbons (Fsp3) is 0.235. The highest BCUT2D eigenvalue weighted by atomic mass is 32.2. The summed E-state index contributed by atoms with van der Waals surface area (Å²) in [4.78, 5) is 13.9. The lowest BCUT2D eigenvalue weighted by Gasteiger charge is -2.16. The minimum atomic E-state index is -0.187. The maximum Gasteiger partial charge on any atom is 0.259 e. The molecule has 0 radical (unpaired) electrons. The Morgan fingerprint density at radius 2 is 2.29 bits per heavy atom. The molecular weight excluding hydrogens is 322 g/mol. The molecule has 3 aromatic rings. The van der Waals surface area contributed by atoms with Gasteiger partial charge in [0.05, 0.1) is 17.5 Å². The van der Waals surface area contributed by atoms with Crippen LogP contribution in [-0.2, 0) is 13.5 Å². The van der Waals surface area contributed by atoms with Gasteiger partial charge < -0.3 is 5.32 Å². The minimum absolute atomic E-state index is 0.187. The van der Waals surface area contributed by atoms with Crippen LogP contribution in [0.2, 0.25) is 0 Å². The topological polar surface area (TPSA) is 75.6 Å². The summed E-state index contributed by atoms with van der Waals surface area (Å²) in [5.41, 5.74) is 3.93. The van der Waals surface area contributed by atoms with Gasteiger partial charge in [-0.05, 0) is 48.4 Å². The molecule has 122 valence electrons. The molecule has 1 aliphatic rings. The molecule has 0 atom stereocenters. The number of H-pyrrole nitrogens is 1. The van der Waals surface area contributed by atoms with Gasteiger partial charge in [0, 0.05) is 23.8 Å². The molecule has 0 saturated carbocycles. The number of nitrogens with one attached hydrogen (secondary N) is 2. The fourth-order valence-electron chi connectivity index (χ4n) is 2.84. The molecule has 6 nitrogen and oxygen atoms in total. The molecule has 2 N–H and O–H groups in total. The molecule has 0 bridgehead atoms. The fourth-order valence-corrected chi connectivity index (χ4v) is 3.86. The van der Waals surface area contributed by atoms with Crippen molar-refractivity contribution in [2.45, 2.75) is 17.7 Å². The zero-order valence-electron chi connectivity index (χ0n) is 13.2. The molecule has 0 saturated heterocycles. The van der Waals surface area contributed by atoms with Crippen molar-refractivity contribution in [1.29, 1.82) is 0 Å². The SMILES string of the molecule is Cn1ccc(-c2[nH]ncc2C(=O)Nc2ccc3c(c2)CCCS3)n1. The molecule has 0 fully saturated rings. The quantitative estimate of drug-likeness (QED) is 0.769. The predicted molar refractivity (Wildman–Crippen MR) is 94.2 cm³/mol.